The zero-order valence-electron chi connectivity index (χ0n) is 22.9. The Labute approximate surface area is 225 Å². The zero-order valence-corrected chi connectivity index (χ0v) is 22.9. The predicted molar refractivity (Wildman–Crippen MR) is 142 cm³/mol. The summed E-state index contributed by atoms with van der Waals surface area (Å²) in [5, 5.41) is 13.8. The number of piperazine rings is 1. The van der Waals surface area contributed by atoms with Crippen molar-refractivity contribution in [1.82, 2.24) is 19.9 Å². The number of hydrogen-bond donors (Lipinski definition) is 2. The molecule has 3 atom stereocenters. The summed E-state index contributed by atoms with van der Waals surface area (Å²) in [6, 6.07) is 5.34. The molecule has 0 aliphatic carbocycles. The number of likely N-dealkylation sites (tertiary alicyclic amines) is 1. The summed E-state index contributed by atoms with van der Waals surface area (Å²) in [4.78, 5) is 29.9. The minimum absolute atomic E-state index is 0.0160. The smallest absolute Gasteiger partial charge is 0.303 e. The number of fused-ring (bicyclic) bond motifs is 3. The molecule has 0 saturated carbocycles. The van der Waals surface area contributed by atoms with Gasteiger partial charge >= 0.3 is 5.92 Å². The molecule has 2 aliphatic heterocycles. The fourth-order valence-corrected chi connectivity index (χ4v) is 5.73. The van der Waals surface area contributed by atoms with E-state index in [0.29, 0.717) is 35.8 Å². The van der Waals surface area contributed by atoms with Crippen LogP contribution >= 0.6 is 0 Å². The summed E-state index contributed by atoms with van der Waals surface area (Å²) in [6.07, 6.45) is 0.897. The van der Waals surface area contributed by atoms with E-state index in [4.69, 9.17) is 4.98 Å². The van der Waals surface area contributed by atoms with E-state index in [1.807, 2.05) is 17.9 Å². The van der Waals surface area contributed by atoms with Gasteiger partial charge in [-0.05, 0) is 53.2 Å². The average Bonchev–Trinajstić information content (AvgIpc) is 3.44. The molecular formula is C28H33F3N6O2. The predicted octanol–water partition coefficient (Wildman–Crippen LogP) is 4.63. The van der Waals surface area contributed by atoms with E-state index < -0.39 is 28.9 Å². The monoisotopic (exact) mass is 542 g/mol. The number of alkyl halides is 2. The second-order valence-corrected chi connectivity index (χ2v) is 11.2. The number of aliphatic hydroxyl groups is 1. The molecule has 8 nitrogen and oxygen atoms in total. The van der Waals surface area contributed by atoms with Crippen molar-refractivity contribution < 1.29 is 23.1 Å². The van der Waals surface area contributed by atoms with Crippen LogP contribution in [0, 0.1) is 19.7 Å². The van der Waals surface area contributed by atoms with E-state index in [9.17, 15) is 18.7 Å². The highest BCUT2D eigenvalue weighted by Crippen LogP contribution is 2.42. The van der Waals surface area contributed by atoms with Gasteiger partial charge in [0.2, 0.25) is 5.91 Å². The van der Waals surface area contributed by atoms with Gasteiger partial charge in [0, 0.05) is 31.6 Å². The summed E-state index contributed by atoms with van der Waals surface area (Å²) < 4.78 is 45.1. The largest absolute Gasteiger partial charge is 0.384 e. The Morgan fingerprint density at radius 1 is 1.15 bits per heavy atom. The molecule has 4 heterocycles. The Hall–Kier alpha value is -3.47. The van der Waals surface area contributed by atoms with Gasteiger partial charge in [0.25, 0.3) is 0 Å². The van der Waals surface area contributed by atoms with Crippen molar-refractivity contribution >= 4 is 28.4 Å². The van der Waals surface area contributed by atoms with Crippen molar-refractivity contribution in [2.75, 3.05) is 23.3 Å². The maximum Gasteiger partial charge on any atom is 0.303 e. The number of nitrogens with zero attached hydrogens (tertiary/aromatic N) is 5. The van der Waals surface area contributed by atoms with Crippen molar-refractivity contribution in [3.05, 3.63) is 52.7 Å². The van der Waals surface area contributed by atoms with Crippen LogP contribution in [0.4, 0.5) is 24.7 Å². The molecule has 1 aromatic carbocycles. The van der Waals surface area contributed by atoms with Crippen LogP contribution in [0.2, 0.25) is 0 Å². The Kier molecular flexibility index (Phi) is 6.48. The summed E-state index contributed by atoms with van der Waals surface area (Å²) in [6.45, 7) is 10.2. The molecule has 0 spiro atoms. The lowest BCUT2D eigenvalue weighted by molar-refractivity contribution is -0.170. The van der Waals surface area contributed by atoms with Crippen molar-refractivity contribution in [3.8, 4) is 0 Å². The van der Waals surface area contributed by atoms with E-state index in [-0.39, 0.29) is 23.6 Å². The SMILES string of the molecule is CC(=O)N1C[C@@H]2C[C@H]1CN2c1cc2c(N[C@H](C)c3cccc(C(F)(F)C(C)(C)O)c3F)nc(C)nc2nc1C. The number of nitrogens with one attached hydrogen (secondary N) is 1. The van der Waals surface area contributed by atoms with E-state index in [1.54, 1.807) is 20.8 Å². The van der Waals surface area contributed by atoms with E-state index >= 15 is 4.39 Å². The number of anilines is 2. The third kappa shape index (κ3) is 4.56. The van der Waals surface area contributed by atoms with Crippen LogP contribution in [0.25, 0.3) is 11.0 Å². The van der Waals surface area contributed by atoms with Gasteiger partial charge < -0.3 is 20.2 Å². The highest BCUT2D eigenvalue weighted by molar-refractivity contribution is 5.90. The maximum absolute atomic E-state index is 15.4. The third-order valence-corrected chi connectivity index (χ3v) is 7.87. The lowest BCUT2D eigenvalue weighted by Gasteiger charge is -2.35. The highest BCUT2D eigenvalue weighted by atomic mass is 19.3. The number of rotatable bonds is 6. The van der Waals surface area contributed by atoms with Crippen molar-refractivity contribution in [3.63, 3.8) is 0 Å². The van der Waals surface area contributed by atoms with Gasteiger partial charge in [0.05, 0.1) is 34.4 Å². The second-order valence-electron chi connectivity index (χ2n) is 11.2. The fourth-order valence-electron chi connectivity index (χ4n) is 5.73. The van der Waals surface area contributed by atoms with Gasteiger partial charge in [0.15, 0.2) is 5.65 Å². The first kappa shape index (κ1) is 27.1. The topological polar surface area (TPSA) is 94.5 Å². The number of benzene rings is 1. The van der Waals surface area contributed by atoms with Gasteiger partial charge in [-0.25, -0.2) is 19.3 Å². The minimum Gasteiger partial charge on any atom is -0.384 e. The van der Waals surface area contributed by atoms with Crippen LogP contribution in [0.5, 0.6) is 0 Å². The molecule has 2 N–H and O–H groups in total. The number of carbonyl (C=O) groups excluding carboxylic acids is 1. The number of halogens is 3. The van der Waals surface area contributed by atoms with Crippen LogP contribution in [-0.4, -0.2) is 61.6 Å². The van der Waals surface area contributed by atoms with Crippen LogP contribution in [-0.2, 0) is 10.7 Å². The number of aryl methyl sites for hydroxylation is 2. The highest BCUT2D eigenvalue weighted by Gasteiger charge is 2.49. The number of amides is 1. The molecule has 1 amide bonds. The minimum atomic E-state index is -3.80. The quantitative estimate of drug-likeness (QED) is 0.469. The number of pyridine rings is 1. The molecule has 0 radical (unpaired) electrons. The summed E-state index contributed by atoms with van der Waals surface area (Å²) >= 11 is 0. The Balaban J connectivity index is 1.50. The van der Waals surface area contributed by atoms with Crippen molar-refractivity contribution in [2.45, 2.75) is 77.6 Å². The van der Waals surface area contributed by atoms with Crippen LogP contribution in [0.3, 0.4) is 0 Å². The Morgan fingerprint density at radius 2 is 1.87 bits per heavy atom. The lowest BCUT2D eigenvalue weighted by Crippen LogP contribution is -2.48. The van der Waals surface area contributed by atoms with E-state index in [2.05, 4.69) is 20.2 Å². The first-order valence-corrected chi connectivity index (χ1v) is 13.0. The number of carbonyl (C=O) groups is 1. The van der Waals surface area contributed by atoms with Gasteiger partial charge in [-0.15, -0.1) is 0 Å². The molecule has 2 fully saturated rings. The van der Waals surface area contributed by atoms with Crippen molar-refractivity contribution in [1.29, 1.82) is 0 Å². The first-order chi connectivity index (χ1) is 18.2. The van der Waals surface area contributed by atoms with Crippen LogP contribution < -0.4 is 10.2 Å². The van der Waals surface area contributed by atoms with E-state index in [0.717, 1.165) is 37.7 Å². The molecular weight excluding hydrogens is 509 g/mol. The van der Waals surface area contributed by atoms with Crippen molar-refractivity contribution in [2.24, 2.45) is 0 Å². The molecule has 2 saturated heterocycles. The number of aromatic nitrogens is 3. The first-order valence-electron chi connectivity index (χ1n) is 13.0. The number of hydrogen-bond acceptors (Lipinski definition) is 7. The van der Waals surface area contributed by atoms with Gasteiger partial charge in [0.1, 0.15) is 23.1 Å². The molecule has 11 heteroatoms. The normalized spacial score (nSPS) is 20.2. The maximum atomic E-state index is 15.4. The molecule has 39 heavy (non-hydrogen) atoms. The summed E-state index contributed by atoms with van der Waals surface area (Å²) in [5.74, 6) is -3.94. The molecule has 2 aliphatic rings. The molecule has 3 aromatic rings. The van der Waals surface area contributed by atoms with Crippen LogP contribution in [0.15, 0.2) is 24.3 Å². The zero-order chi connectivity index (χ0) is 28.4. The fraction of sp³-hybridized carbons (Fsp3) is 0.500. The Morgan fingerprint density at radius 3 is 2.49 bits per heavy atom. The molecule has 0 unspecified atom stereocenters. The third-order valence-electron chi connectivity index (χ3n) is 7.87. The summed E-state index contributed by atoms with van der Waals surface area (Å²) in [5.41, 5.74) is -1.11. The van der Waals surface area contributed by atoms with Crippen LogP contribution in [0.1, 0.15) is 62.8 Å². The molecule has 208 valence electrons. The van der Waals surface area contributed by atoms with Gasteiger partial charge in [-0.2, -0.15) is 8.78 Å². The summed E-state index contributed by atoms with van der Waals surface area (Å²) in [7, 11) is 0. The molecule has 2 aromatic heterocycles. The van der Waals surface area contributed by atoms with E-state index in [1.165, 1.54) is 12.1 Å². The molecule has 5 rings (SSSR count). The second kappa shape index (κ2) is 9.32. The standard InChI is InChI=1S/C28H33F3N6O2/c1-14(20-8-7-9-22(24(20)29)28(30,31)27(5,6)39)32-25-21-11-23(15(2)33-26(21)35-16(3)34-25)37-13-18-10-19(37)12-36(18)17(4)38/h7-9,11,14,18-19,39H,10,12-13H2,1-6H3,(H,32,33,34,35)/t14-,18+,19+/m1/s1. The van der Waals surface area contributed by atoms with Gasteiger partial charge in [-0.1, -0.05) is 12.1 Å². The van der Waals surface area contributed by atoms with Gasteiger partial charge in [-0.3, -0.25) is 4.79 Å². The molecule has 2 bridgehead atoms. The average molecular weight is 543 g/mol. The Bertz CT molecular complexity index is 1460. The lowest BCUT2D eigenvalue weighted by atomic mass is 9.91.